The number of amides is 1. The topological polar surface area (TPSA) is 196 Å². The molecule has 81 heavy (non-hydrogen) atoms. The smallest absolute Gasteiger partial charge is 0.534 e. The first-order chi connectivity index (χ1) is 37.0. The average molecular weight is 1240 g/mol. The fraction of sp³-hybridized carbons (Fsp3) is 0.817. The van der Waals surface area contributed by atoms with Crippen LogP contribution in [0.3, 0.4) is 0 Å². The van der Waals surface area contributed by atoms with Crippen molar-refractivity contribution < 1.29 is 120 Å². The molecule has 0 saturated heterocycles. The maximum Gasteiger partial charge on any atom is 1.00 e. The van der Waals surface area contributed by atoms with Crippen molar-refractivity contribution in [2.24, 2.45) is 28.6 Å². The van der Waals surface area contributed by atoms with Crippen LogP contribution in [0.15, 0.2) is 24.3 Å². The van der Waals surface area contributed by atoms with Crippen molar-refractivity contribution in [3.8, 4) is 6.07 Å². The van der Waals surface area contributed by atoms with E-state index >= 15 is 0 Å². The van der Waals surface area contributed by atoms with E-state index in [1.165, 1.54) is 31.0 Å². The van der Waals surface area contributed by atoms with E-state index in [1.807, 2.05) is 62.3 Å². The van der Waals surface area contributed by atoms with E-state index in [9.17, 15) is 40.8 Å². The summed E-state index contributed by atoms with van der Waals surface area (Å²) in [6.07, 6.45) is 12.6. The largest absolute Gasteiger partial charge is 1.00 e. The Morgan fingerprint density at radius 2 is 1.16 bits per heavy atom. The molecule has 1 aromatic carbocycles. The zero-order valence-electron chi connectivity index (χ0n) is 54.5. The number of hydrogen-bond donors (Lipinski definition) is 0. The minimum atomic E-state index is -5.80. The number of benzene rings is 1. The molecule has 3 unspecified atom stereocenters. The Balaban J connectivity index is -0.000000306. The standard InChI is InChI=1S/C17H38O3Si2.C14H28O2.C12H14F3NO3S.C11H22O4.C6H11N.K/c1-9-11-14-21(5,6)20-22(7,8)15-12-13-19-16(18)17(3,4)10-2;1-6-10-14(5,7-2)13(15)16-11-8-9-12(3)4;1-3-8(2)9-4-6-10(7-5-9)11(17)16-20(18,19)12(13,14)15;1-4-10(3)11(12)15-9-8-14-7-6-13-5-2;1-6(2)4-3-5-7;/h9-15H2,1-8H3;12H,6-11H2,1-5H3;4-8H,3H2,1-2H3,(H,16,17);10H,4-9H2,1-3H3;6H,3-4H2,1-2H3;/q;;;;;+1/p-1. The molecule has 0 aliphatic rings. The minimum absolute atomic E-state index is 0. The van der Waals surface area contributed by atoms with Crippen LogP contribution in [-0.4, -0.2) is 101 Å². The molecule has 0 N–H and O–H groups in total. The van der Waals surface area contributed by atoms with Gasteiger partial charge in [-0.2, -0.15) is 18.4 Å². The van der Waals surface area contributed by atoms with Gasteiger partial charge in [-0.3, -0.25) is 14.4 Å². The summed E-state index contributed by atoms with van der Waals surface area (Å²) in [4.78, 5) is 46.5. The Morgan fingerprint density at radius 1 is 0.654 bits per heavy atom. The number of nitriles is 1. The first-order valence-corrected chi connectivity index (χ1v) is 37.1. The van der Waals surface area contributed by atoms with E-state index in [-0.39, 0.29) is 97.5 Å². The molecule has 0 bridgehead atoms. The first-order valence-electron chi connectivity index (χ1n) is 29.4. The molecule has 0 aliphatic heterocycles. The predicted molar refractivity (Wildman–Crippen MR) is 324 cm³/mol. The third-order valence-corrected chi connectivity index (χ3v) is 21.8. The van der Waals surface area contributed by atoms with Crippen molar-refractivity contribution >= 4 is 50.5 Å². The Bertz CT molecular complexity index is 1950. The van der Waals surface area contributed by atoms with Crippen LogP contribution in [0.1, 0.15) is 216 Å². The second-order valence-corrected chi connectivity index (χ2v) is 33.6. The molecule has 0 heterocycles. The number of halogens is 3. The number of sulfonamides is 1. The van der Waals surface area contributed by atoms with E-state index in [1.54, 1.807) is 12.1 Å². The minimum Gasteiger partial charge on any atom is -0.534 e. The van der Waals surface area contributed by atoms with Gasteiger partial charge >= 0.3 is 74.8 Å². The quantitative estimate of drug-likeness (QED) is 0.0274. The van der Waals surface area contributed by atoms with Crippen LogP contribution >= 0.6 is 0 Å². The first kappa shape index (κ1) is 88.0. The zero-order valence-corrected chi connectivity index (χ0v) is 60.5. The van der Waals surface area contributed by atoms with Gasteiger partial charge in [0.1, 0.15) is 6.61 Å². The molecule has 21 heteroatoms. The van der Waals surface area contributed by atoms with Gasteiger partial charge in [0.25, 0.3) is 0 Å². The summed E-state index contributed by atoms with van der Waals surface area (Å²) in [5, 5.41) is 8.07. The number of hydrogen-bond acceptors (Lipinski definition) is 13. The summed E-state index contributed by atoms with van der Waals surface area (Å²) in [5.74, 6) is -0.0902. The predicted octanol–water partition coefficient (Wildman–Crippen LogP) is 13.9. The molecule has 470 valence electrons. The molecule has 1 aromatic rings. The summed E-state index contributed by atoms with van der Waals surface area (Å²) < 4.78 is 92.6. The van der Waals surface area contributed by atoms with Crippen molar-refractivity contribution in [3.63, 3.8) is 0 Å². The number of carbonyl (C=O) groups excluding carboxylic acids is 4. The zero-order chi connectivity index (χ0) is 62.8. The van der Waals surface area contributed by atoms with E-state index in [4.69, 9.17) is 33.1 Å². The van der Waals surface area contributed by atoms with E-state index in [0.717, 1.165) is 75.8 Å². The van der Waals surface area contributed by atoms with Gasteiger partial charge in [0.05, 0.1) is 61.8 Å². The fourth-order valence-electron chi connectivity index (χ4n) is 6.89. The molecule has 3 atom stereocenters. The van der Waals surface area contributed by atoms with Crippen LogP contribution in [0.2, 0.25) is 38.3 Å². The SMILES string of the molecule is CC(C)CCC#N.CCC(C)c1ccc(C(=O)[N-]S(=O)(=O)C(F)(F)F)cc1.CCCC(C)(CC)C(=O)OCCCC(C)C.CCCC[Si](C)(C)O[Si](C)(C)CCCOC(=O)C(C)(C)CC.CCOCCOCCOC(=O)C(C)CC.[K+]. The number of unbranched alkanes of at least 4 members (excludes halogenated alkanes) is 1. The van der Waals surface area contributed by atoms with Gasteiger partial charge in [-0.1, -0.05) is 127 Å². The summed E-state index contributed by atoms with van der Waals surface area (Å²) in [6.45, 7) is 45.6. The van der Waals surface area contributed by atoms with Gasteiger partial charge in [0.2, 0.25) is 0 Å². The molecule has 0 aliphatic carbocycles. The van der Waals surface area contributed by atoms with Crippen LogP contribution in [0.4, 0.5) is 13.2 Å². The van der Waals surface area contributed by atoms with Gasteiger partial charge in [0, 0.05) is 13.0 Å². The molecular weight excluding hydrogens is 1120 g/mol. The Labute approximate surface area is 536 Å². The molecular formula is C60H112F3KN2O12SSi2. The Morgan fingerprint density at radius 3 is 1.59 bits per heavy atom. The Hall–Kier alpha value is -1.72. The van der Waals surface area contributed by atoms with Gasteiger partial charge in [-0.05, 0) is 153 Å². The number of ether oxygens (including phenoxy) is 5. The molecule has 1 rings (SSSR count). The molecule has 1 amide bonds. The third kappa shape index (κ3) is 46.2. The number of nitrogens with zero attached hydrogens (tertiary/aromatic N) is 2. The Kier molecular flexibility index (Phi) is 52.6. The van der Waals surface area contributed by atoms with Crippen molar-refractivity contribution in [2.75, 3.05) is 46.2 Å². The van der Waals surface area contributed by atoms with Crippen molar-refractivity contribution in [1.29, 1.82) is 5.26 Å². The average Bonchev–Trinajstić information content (AvgIpc) is 3.38. The van der Waals surface area contributed by atoms with Crippen LogP contribution in [-0.2, 0) is 52.2 Å². The monoisotopic (exact) mass is 1240 g/mol. The number of esters is 3. The van der Waals surface area contributed by atoms with Gasteiger partial charge in [-0.25, -0.2) is 8.42 Å². The van der Waals surface area contributed by atoms with Gasteiger partial charge < -0.3 is 37.3 Å². The second-order valence-electron chi connectivity index (χ2n) is 23.2. The van der Waals surface area contributed by atoms with Gasteiger partial charge in [-0.15, -0.1) is 0 Å². The third-order valence-electron chi connectivity index (χ3n) is 13.2. The molecule has 14 nitrogen and oxygen atoms in total. The second kappa shape index (κ2) is 48.4. The summed E-state index contributed by atoms with van der Waals surface area (Å²) >= 11 is 0. The number of carbonyl (C=O) groups is 4. The molecule has 0 radical (unpaired) electrons. The van der Waals surface area contributed by atoms with Gasteiger partial charge in [0.15, 0.2) is 26.7 Å². The van der Waals surface area contributed by atoms with Crippen molar-refractivity contribution in [3.05, 3.63) is 40.1 Å². The molecule has 0 saturated carbocycles. The molecule has 0 fully saturated rings. The van der Waals surface area contributed by atoms with E-state index in [0.29, 0.717) is 64.5 Å². The van der Waals surface area contributed by atoms with Crippen LogP contribution in [0.5, 0.6) is 0 Å². The maximum absolute atomic E-state index is 12.1. The van der Waals surface area contributed by atoms with Crippen molar-refractivity contribution in [2.45, 2.75) is 244 Å². The number of rotatable bonds is 34. The number of alkyl halides is 3. The molecule has 0 spiro atoms. The fourth-order valence-corrected chi connectivity index (χ4v) is 16.3. The summed E-state index contributed by atoms with van der Waals surface area (Å²) in [6, 6.07) is 10.1. The maximum atomic E-state index is 12.1. The summed E-state index contributed by atoms with van der Waals surface area (Å²) in [7, 11) is -8.97. The molecule has 0 aromatic heterocycles. The normalized spacial score (nSPS) is 13.0. The van der Waals surface area contributed by atoms with E-state index < -0.39 is 38.1 Å². The van der Waals surface area contributed by atoms with Crippen LogP contribution in [0.25, 0.3) is 4.72 Å². The summed E-state index contributed by atoms with van der Waals surface area (Å²) in [5.41, 5.74) is -5.50. The van der Waals surface area contributed by atoms with Crippen LogP contribution in [0, 0.1) is 39.9 Å². The van der Waals surface area contributed by atoms with Crippen LogP contribution < -0.4 is 51.4 Å². The van der Waals surface area contributed by atoms with Crippen molar-refractivity contribution in [1.82, 2.24) is 0 Å². The van der Waals surface area contributed by atoms with E-state index in [2.05, 4.69) is 85.4 Å².